The Hall–Kier alpha value is -0.630. The number of hydrogen-bond donors (Lipinski definition) is 0. The summed E-state index contributed by atoms with van der Waals surface area (Å²) in [5.74, 6) is 0.377. The molecule has 0 aromatic heterocycles. The second-order valence-electron chi connectivity index (χ2n) is 7.54. The Bertz CT molecular complexity index is 398. The van der Waals surface area contributed by atoms with E-state index in [-0.39, 0.29) is 22.5 Å². The maximum atomic E-state index is 12.1. The van der Waals surface area contributed by atoms with E-state index in [2.05, 4.69) is 47.6 Å². The molecule has 0 saturated heterocycles. The number of Topliss-reactive ketones (excluding diaryl/α,β-unsaturated/α-hetero) is 1. The van der Waals surface area contributed by atoms with E-state index in [1.54, 1.807) is 0 Å². The first-order valence-electron chi connectivity index (χ1n) is 6.99. The molecule has 0 unspecified atom stereocenters. The average Bonchev–Trinajstić information content (AvgIpc) is 2.51. The van der Waals surface area contributed by atoms with Gasteiger partial charge in [0.2, 0.25) is 0 Å². The predicted molar refractivity (Wildman–Crippen MR) is 73.5 cm³/mol. The molecular formula is C16H26O2. The Morgan fingerprint density at radius 3 is 2.44 bits per heavy atom. The molecule has 18 heavy (non-hydrogen) atoms. The van der Waals surface area contributed by atoms with E-state index in [9.17, 15) is 4.79 Å². The lowest BCUT2D eigenvalue weighted by Crippen LogP contribution is -2.46. The van der Waals surface area contributed by atoms with Gasteiger partial charge in [-0.25, -0.2) is 0 Å². The van der Waals surface area contributed by atoms with Crippen molar-refractivity contribution in [3.63, 3.8) is 0 Å². The van der Waals surface area contributed by atoms with Gasteiger partial charge in [0.15, 0.2) is 0 Å². The van der Waals surface area contributed by atoms with Crippen molar-refractivity contribution < 1.29 is 9.53 Å². The van der Waals surface area contributed by atoms with Crippen LogP contribution in [0.2, 0.25) is 0 Å². The van der Waals surface area contributed by atoms with Crippen molar-refractivity contribution in [3.05, 3.63) is 11.6 Å². The van der Waals surface area contributed by atoms with Gasteiger partial charge in [0.25, 0.3) is 0 Å². The lowest BCUT2D eigenvalue weighted by molar-refractivity contribution is -0.134. The molecule has 2 heteroatoms. The number of rotatable bonds is 1. The maximum Gasteiger partial charge on any atom is 0.142 e. The van der Waals surface area contributed by atoms with Crippen LogP contribution in [0, 0.1) is 10.8 Å². The summed E-state index contributed by atoms with van der Waals surface area (Å²) in [6.07, 6.45) is 5.04. The Kier molecular flexibility index (Phi) is 3.01. The van der Waals surface area contributed by atoms with Crippen LogP contribution in [0.4, 0.5) is 0 Å². The molecule has 0 radical (unpaired) electrons. The third-order valence-electron chi connectivity index (χ3n) is 4.60. The molecule has 1 saturated carbocycles. The van der Waals surface area contributed by atoms with Crippen LogP contribution in [0.5, 0.6) is 0 Å². The van der Waals surface area contributed by atoms with Crippen LogP contribution < -0.4 is 0 Å². The van der Waals surface area contributed by atoms with E-state index < -0.39 is 0 Å². The molecule has 102 valence electrons. The zero-order valence-electron chi connectivity index (χ0n) is 12.6. The SMILES string of the molecule is CC(C)(C)O[C@H]1CC=C2C(C)(C)C(=O)CC[C@@]21C. The minimum atomic E-state index is -0.303. The standard InChI is InChI=1S/C16H26O2/c1-14(2,3)18-13-8-7-11-15(4,5)12(17)9-10-16(11,13)6/h7,13H,8-10H2,1-6H3/t13-,16-/m0/s1. The number of fused-ring (bicyclic) bond motifs is 1. The number of carbonyl (C=O) groups excluding carboxylic acids is 1. The monoisotopic (exact) mass is 250 g/mol. The van der Waals surface area contributed by atoms with E-state index in [0.29, 0.717) is 12.2 Å². The van der Waals surface area contributed by atoms with Crippen LogP contribution in [0.25, 0.3) is 0 Å². The molecule has 0 spiro atoms. The molecule has 2 rings (SSSR count). The summed E-state index contributed by atoms with van der Waals surface area (Å²) in [5.41, 5.74) is 0.927. The second kappa shape index (κ2) is 3.93. The fourth-order valence-electron chi connectivity index (χ4n) is 3.60. The first kappa shape index (κ1) is 13.8. The van der Waals surface area contributed by atoms with Crippen molar-refractivity contribution >= 4 is 5.78 Å². The van der Waals surface area contributed by atoms with Crippen molar-refractivity contribution in [2.45, 2.75) is 72.5 Å². The number of ether oxygens (including phenoxy) is 1. The first-order chi connectivity index (χ1) is 8.07. The molecule has 2 aliphatic rings. The highest BCUT2D eigenvalue weighted by molar-refractivity contribution is 5.89. The first-order valence-corrected chi connectivity index (χ1v) is 6.99. The molecule has 0 bridgehead atoms. The van der Waals surface area contributed by atoms with Crippen LogP contribution in [-0.2, 0) is 9.53 Å². The smallest absolute Gasteiger partial charge is 0.142 e. The highest BCUT2D eigenvalue weighted by atomic mass is 16.5. The van der Waals surface area contributed by atoms with Crippen LogP contribution in [0.3, 0.4) is 0 Å². The van der Waals surface area contributed by atoms with E-state index in [1.165, 1.54) is 5.57 Å². The third-order valence-corrected chi connectivity index (χ3v) is 4.60. The molecule has 0 aliphatic heterocycles. The van der Waals surface area contributed by atoms with Gasteiger partial charge >= 0.3 is 0 Å². The van der Waals surface area contributed by atoms with Gasteiger partial charge in [-0.1, -0.05) is 18.6 Å². The van der Waals surface area contributed by atoms with E-state index in [0.717, 1.165) is 12.8 Å². The molecular weight excluding hydrogens is 224 g/mol. The molecule has 2 atom stereocenters. The Labute approximate surface area is 111 Å². The van der Waals surface area contributed by atoms with Gasteiger partial charge in [-0.15, -0.1) is 0 Å². The average molecular weight is 250 g/mol. The van der Waals surface area contributed by atoms with Gasteiger partial charge in [0, 0.05) is 17.3 Å². The summed E-state index contributed by atoms with van der Waals surface area (Å²) in [4.78, 5) is 12.1. The molecule has 1 fully saturated rings. The Balaban J connectivity index is 2.29. The zero-order valence-corrected chi connectivity index (χ0v) is 12.6. The topological polar surface area (TPSA) is 26.3 Å². The van der Waals surface area contributed by atoms with Crippen molar-refractivity contribution in [1.82, 2.24) is 0 Å². The molecule has 0 aromatic rings. The molecule has 0 heterocycles. The number of ketones is 1. The van der Waals surface area contributed by atoms with Gasteiger partial charge in [-0.05, 0) is 47.5 Å². The van der Waals surface area contributed by atoms with Crippen LogP contribution in [-0.4, -0.2) is 17.5 Å². The summed E-state index contributed by atoms with van der Waals surface area (Å²) >= 11 is 0. The highest BCUT2D eigenvalue weighted by Gasteiger charge is 2.53. The van der Waals surface area contributed by atoms with Crippen LogP contribution >= 0.6 is 0 Å². The maximum absolute atomic E-state index is 12.1. The lowest BCUT2D eigenvalue weighted by atomic mass is 9.60. The molecule has 0 amide bonds. The quantitative estimate of drug-likeness (QED) is 0.660. The lowest BCUT2D eigenvalue weighted by Gasteiger charge is -2.46. The summed E-state index contributed by atoms with van der Waals surface area (Å²) in [7, 11) is 0. The number of hydrogen-bond acceptors (Lipinski definition) is 2. The van der Waals surface area contributed by atoms with Crippen molar-refractivity contribution in [2.75, 3.05) is 0 Å². The molecule has 2 aliphatic carbocycles. The van der Waals surface area contributed by atoms with Crippen molar-refractivity contribution in [1.29, 1.82) is 0 Å². The molecule has 0 N–H and O–H groups in total. The second-order valence-corrected chi connectivity index (χ2v) is 7.54. The van der Waals surface area contributed by atoms with Gasteiger partial charge in [-0.2, -0.15) is 0 Å². The summed E-state index contributed by atoms with van der Waals surface area (Å²) in [6, 6.07) is 0. The van der Waals surface area contributed by atoms with Crippen molar-refractivity contribution in [2.24, 2.45) is 10.8 Å². The fourth-order valence-corrected chi connectivity index (χ4v) is 3.60. The Morgan fingerprint density at radius 2 is 1.89 bits per heavy atom. The van der Waals surface area contributed by atoms with Gasteiger partial charge in [0.05, 0.1) is 11.7 Å². The van der Waals surface area contributed by atoms with E-state index >= 15 is 0 Å². The largest absolute Gasteiger partial charge is 0.371 e. The zero-order chi connectivity index (χ0) is 13.8. The minimum absolute atomic E-state index is 0.0463. The Morgan fingerprint density at radius 1 is 1.28 bits per heavy atom. The van der Waals surface area contributed by atoms with E-state index in [1.807, 2.05) is 0 Å². The molecule has 2 nitrogen and oxygen atoms in total. The normalized spacial score (nSPS) is 35.3. The van der Waals surface area contributed by atoms with Crippen molar-refractivity contribution in [3.8, 4) is 0 Å². The van der Waals surface area contributed by atoms with Gasteiger partial charge < -0.3 is 4.74 Å². The van der Waals surface area contributed by atoms with Crippen LogP contribution in [0.15, 0.2) is 11.6 Å². The van der Waals surface area contributed by atoms with E-state index in [4.69, 9.17) is 4.74 Å². The summed E-state index contributed by atoms with van der Waals surface area (Å²) in [6.45, 7) is 12.7. The highest BCUT2D eigenvalue weighted by Crippen LogP contribution is 2.56. The summed E-state index contributed by atoms with van der Waals surface area (Å²) in [5, 5.41) is 0. The van der Waals surface area contributed by atoms with Gasteiger partial charge in [-0.3, -0.25) is 4.79 Å². The minimum Gasteiger partial charge on any atom is -0.371 e. The third kappa shape index (κ3) is 2.05. The van der Waals surface area contributed by atoms with Gasteiger partial charge in [0.1, 0.15) is 5.78 Å². The molecule has 0 aromatic carbocycles. The predicted octanol–water partition coefficient (Wildman–Crippen LogP) is 3.90. The summed E-state index contributed by atoms with van der Waals surface area (Å²) < 4.78 is 6.24. The number of carbonyl (C=O) groups is 1. The van der Waals surface area contributed by atoms with Crippen LogP contribution in [0.1, 0.15) is 60.8 Å². The fraction of sp³-hybridized carbons (Fsp3) is 0.812.